The van der Waals surface area contributed by atoms with E-state index >= 15 is 0 Å². The van der Waals surface area contributed by atoms with Gasteiger partial charge in [0.25, 0.3) is 0 Å². The summed E-state index contributed by atoms with van der Waals surface area (Å²) in [5.41, 5.74) is 5.53. The summed E-state index contributed by atoms with van der Waals surface area (Å²) < 4.78 is 5.16. The van der Waals surface area contributed by atoms with Crippen molar-refractivity contribution in [1.82, 2.24) is 0 Å². The topological polar surface area (TPSA) is 69.4 Å². The van der Waals surface area contributed by atoms with Gasteiger partial charge in [-0.05, 0) is 18.6 Å². The molecule has 86 valence electrons. The van der Waals surface area contributed by atoms with Crippen molar-refractivity contribution < 1.29 is 14.3 Å². The number of ether oxygens (including phenoxy) is 1. The van der Waals surface area contributed by atoms with Crippen LogP contribution >= 0.6 is 0 Å². The van der Waals surface area contributed by atoms with Gasteiger partial charge in [0.2, 0.25) is 5.91 Å². The van der Waals surface area contributed by atoms with Gasteiger partial charge in [-0.3, -0.25) is 4.79 Å². The molecule has 16 heavy (non-hydrogen) atoms. The molecule has 1 unspecified atom stereocenters. The normalized spacial score (nSPS) is 11.8. The van der Waals surface area contributed by atoms with Crippen LogP contribution in [0.4, 0.5) is 0 Å². The Bertz CT molecular complexity index is 362. The Balaban J connectivity index is 2.59. The summed E-state index contributed by atoms with van der Waals surface area (Å²) >= 11 is 0. The van der Waals surface area contributed by atoms with Gasteiger partial charge < -0.3 is 10.5 Å². The van der Waals surface area contributed by atoms with Gasteiger partial charge >= 0.3 is 5.97 Å². The number of carbonyl (C=O) groups is 2. The van der Waals surface area contributed by atoms with Crippen molar-refractivity contribution in [1.29, 1.82) is 0 Å². The smallest absolute Gasteiger partial charge is 0.338 e. The van der Waals surface area contributed by atoms with E-state index in [1.165, 1.54) is 0 Å². The summed E-state index contributed by atoms with van der Waals surface area (Å²) in [5.74, 6) is -0.888. The van der Waals surface area contributed by atoms with Crippen LogP contribution in [0.1, 0.15) is 30.1 Å². The van der Waals surface area contributed by atoms with Gasteiger partial charge in [0, 0.05) is 0 Å². The minimum absolute atomic E-state index is 0.0646. The summed E-state index contributed by atoms with van der Waals surface area (Å²) in [6.07, 6.45) is 0.196. The van der Waals surface area contributed by atoms with Crippen molar-refractivity contribution in [3.63, 3.8) is 0 Å². The summed E-state index contributed by atoms with van der Waals surface area (Å²) in [5, 5.41) is 0. The van der Waals surface area contributed by atoms with E-state index in [4.69, 9.17) is 10.5 Å². The number of amides is 1. The Kier molecular flexibility index (Phi) is 4.51. The van der Waals surface area contributed by atoms with Gasteiger partial charge in [0.15, 0.2) is 0 Å². The summed E-state index contributed by atoms with van der Waals surface area (Å²) in [7, 11) is 0. The average molecular weight is 221 g/mol. The zero-order valence-corrected chi connectivity index (χ0v) is 9.18. The molecular formula is C12H15NO3. The van der Waals surface area contributed by atoms with Crippen LogP contribution in [0.5, 0.6) is 0 Å². The van der Waals surface area contributed by atoms with Crippen molar-refractivity contribution >= 4 is 11.9 Å². The van der Waals surface area contributed by atoms with Crippen LogP contribution in [0, 0.1) is 0 Å². The second-order valence-electron chi connectivity index (χ2n) is 3.47. The first kappa shape index (κ1) is 12.2. The Labute approximate surface area is 94.4 Å². The lowest BCUT2D eigenvalue weighted by atomic mass is 10.2. The number of rotatable bonds is 5. The van der Waals surface area contributed by atoms with Crippen LogP contribution in [0.2, 0.25) is 0 Å². The fourth-order valence-electron chi connectivity index (χ4n) is 1.29. The lowest BCUT2D eigenvalue weighted by molar-refractivity contribution is -0.120. The van der Waals surface area contributed by atoms with Gasteiger partial charge in [0.1, 0.15) is 6.10 Å². The fourth-order valence-corrected chi connectivity index (χ4v) is 1.29. The van der Waals surface area contributed by atoms with Crippen molar-refractivity contribution in [3.8, 4) is 0 Å². The zero-order chi connectivity index (χ0) is 12.0. The number of esters is 1. The molecular weight excluding hydrogens is 206 g/mol. The Morgan fingerprint density at radius 1 is 1.31 bits per heavy atom. The molecule has 0 saturated heterocycles. The molecule has 1 amide bonds. The van der Waals surface area contributed by atoms with Crippen LogP contribution in [0.15, 0.2) is 30.3 Å². The lowest BCUT2D eigenvalue weighted by Crippen LogP contribution is -2.24. The summed E-state index contributed by atoms with van der Waals surface area (Å²) in [6.45, 7) is 1.84. The van der Waals surface area contributed by atoms with E-state index in [1.807, 2.05) is 13.0 Å². The standard InChI is InChI=1S/C12H15NO3/c1-2-10(8-11(13)14)16-12(15)9-6-4-3-5-7-9/h3-7,10H,2,8H2,1H3,(H2,13,14). The molecule has 0 aliphatic carbocycles. The summed E-state index contributed by atoms with van der Waals surface area (Å²) in [6, 6.07) is 8.66. The lowest BCUT2D eigenvalue weighted by Gasteiger charge is -2.14. The van der Waals surface area contributed by atoms with Gasteiger partial charge in [-0.25, -0.2) is 4.79 Å². The second kappa shape index (κ2) is 5.90. The van der Waals surface area contributed by atoms with E-state index in [9.17, 15) is 9.59 Å². The molecule has 4 heteroatoms. The minimum atomic E-state index is -0.465. The molecule has 0 aliphatic heterocycles. The molecule has 0 aliphatic rings. The average Bonchev–Trinajstić information content (AvgIpc) is 2.28. The number of primary amides is 1. The first-order chi connectivity index (χ1) is 7.63. The molecule has 1 atom stereocenters. The van der Waals surface area contributed by atoms with Gasteiger partial charge in [-0.2, -0.15) is 0 Å². The van der Waals surface area contributed by atoms with Gasteiger partial charge in [-0.15, -0.1) is 0 Å². The van der Waals surface area contributed by atoms with Crippen molar-refractivity contribution in [2.24, 2.45) is 5.73 Å². The molecule has 0 fully saturated rings. The van der Waals surface area contributed by atoms with E-state index in [0.717, 1.165) is 0 Å². The Morgan fingerprint density at radius 2 is 1.94 bits per heavy atom. The minimum Gasteiger partial charge on any atom is -0.458 e. The third-order valence-electron chi connectivity index (χ3n) is 2.17. The molecule has 0 bridgehead atoms. The molecule has 4 nitrogen and oxygen atoms in total. The van der Waals surface area contributed by atoms with E-state index in [0.29, 0.717) is 12.0 Å². The molecule has 0 spiro atoms. The Hall–Kier alpha value is -1.84. The maximum Gasteiger partial charge on any atom is 0.338 e. The van der Waals surface area contributed by atoms with Crippen molar-refractivity contribution in [2.75, 3.05) is 0 Å². The molecule has 2 N–H and O–H groups in total. The number of benzene rings is 1. The molecule has 1 aromatic carbocycles. The van der Waals surface area contributed by atoms with Crippen LogP contribution in [-0.4, -0.2) is 18.0 Å². The highest BCUT2D eigenvalue weighted by Gasteiger charge is 2.15. The van der Waals surface area contributed by atoms with Crippen LogP contribution in [-0.2, 0) is 9.53 Å². The van der Waals surface area contributed by atoms with Gasteiger partial charge in [0.05, 0.1) is 12.0 Å². The highest BCUT2D eigenvalue weighted by atomic mass is 16.5. The highest BCUT2D eigenvalue weighted by Crippen LogP contribution is 2.08. The molecule has 0 aromatic heterocycles. The highest BCUT2D eigenvalue weighted by molar-refractivity contribution is 5.89. The first-order valence-electron chi connectivity index (χ1n) is 5.17. The predicted molar refractivity (Wildman–Crippen MR) is 59.7 cm³/mol. The van der Waals surface area contributed by atoms with Crippen LogP contribution in [0.3, 0.4) is 0 Å². The molecule has 0 radical (unpaired) electrons. The SMILES string of the molecule is CCC(CC(N)=O)OC(=O)c1ccccc1. The monoisotopic (exact) mass is 221 g/mol. The van der Waals surface area contributed by atoms with E-state index in [-0.39, 0.29) is 6.42 Å². The molecule has 0 heterocycles. The largest absolute Gasteiger partial charge is 0.458 e. The molecule has 1 aromatic rings. The zero-order valence-electron chi connectivity index (χ0n) is 9.18. The third kappa shape index (κ3) is 3.73. The number of hydrogen-bond donors (Lipinski definition) is 1. The molecule has 0 saturated carbocycles. The number of carbonyl (C=O) groups excluding carboxylic acids is 2. The van der Waals surface area contributed by atoms with Crippen LogP contribution in [0.25, 0.3) is 0 Å². The second-order valence-corrected chi connectivity index (χ2v) is 3.47. The maximum absolute atomic E-state index is 11.6. The summed E-state index contributed by atoms with van der Waals surface area (Å²) in [4.78, 5) is 22.3. The van der Waals surface area contributed by atoms with Gasteiger partial charge in [-0.1, -0.05) is 25.1 Å². The van der Waals surface area contributed by atoms with Crippen molar-refractivity contribution in [3.05, 3.63) is 35.9 Å². The predicted octanol–water partition coefficient (Wildman–Crippen LogP) is 1.50. The van der Waals surface area contributed by atoms with Crippen LogP contribution < -0.4 is 5.73 Å². The first-order valence-corrected chi connectivity index (χ1v) is 5.17. The number of hydrogen-bond acceptors (Lipinski definition) is 3. The van der Waals surface area contributed by atoms with E-state index in [1.54, 1.807) is 24.3 Å². The third-order valence-corrected chi connectivity index (χ3v) is 2.17. The van der Waals surface area contributed by atoms with E-state index in [2.05, 4.69) is 0 Å². The fraction of sp³-hybridized carbons (Fsp3) is 0.333. The number of nitrogens with two attached hydrogens (primary N) is 1. The van der Waals surface area contributed by atoms with E-state index < -0.39 is 18.0 Å². The Morgan fingerprint density at radius 3 is 2.44 bits per heavy atom. The molecule has 1 rings (SSSR count). The maximum atomic E-state index is 11.6. The van der Waals surface area contributed by atoms with Crippen molar-refractivity contribution in [2.45, 2.75) is 25.9 Å². The quantitative estimate of drug-likeness (QED) is 0.766.